The summed E-state index contributed by atoms with van der Waals surface area (Å²) in [4.78, 5) is 2.29. The first-order chi connectivity index (χ1) is 7.98. The van der Waals surface area contributed by atoms with Gasteiger partial charge in [-0.25, -0.2) is 4.39 Å². The Hall–Kier alpha value is -1.09. The van der Waals surface area contributed by atoms with E-state index in [0.29, 0.717) is 23.2 Å². The number of piperidine rings is 1. The molecular weight excluding hydrogens is 215 g/mol. The molecule has 3 heteroatoms. The minimum Gasteiger partial charge on any atom is -0.398 e. The molecule has 1 aromatic carbocycles. The molecule has 0 aliphatic carbocycles. The Morgan fingerprint density at radius 3 is 2.53 bits per heavy atom. The molecule has 2 N–H and O–H groups in total. The molecule has 0 bridgehead atoms. The molecular formula is C14H21FN2. The molecule has 17 heavy (non-hydrogen) atoms. The highest BCUT2D eigenvalue weighted by Crippen LogP contribution is 2.31. The maximum absolute atomic E-state index is 13.7. The first-order valence-electron chi connectivity index (χ1n) is 6.23. The van der Waals surface area contributed by atoms with Gasteiger partial charge in [0.15, 0.2) is 0 Å². The van der Waals surface area contributed by atoms with Crippen LogP contribution in [0.1, 0.15) is 32.3 Å². The summed E-state index contributed by atoms with van der Waals surface area (Å²) in [5.74, 6) is -0.185. The van der Waals surface area contributed by atoms with Crippen LogP contribution in [0.2, 0.25) is 0 Å². The fourth-order valence-electron chi connectivity index (χ4n) is 2.28. The third-order valence-electron chi connectivity index (χ3n) is 3.75. The van der Waals surface area contributed by atoms with Gasteiger partial charge in [0.05, 0.1) is 0 Å². The second-order valence-corrected chi connectivity index (χ2v) is 5.75. The second-order valence-electron chi connectivity index (χ2n) is 5.75. The number of benzene rings is 1. The Balaban J connectivity index is 2.03. The largest absolute Gasteiger partial charge is 0.398 e. The highest BCUT2D eigenvalue weighted by Gasteiger charge is 2.25. The van der Waals surface area contributed by atoms with Crippen molar-refractivity contribution in [3.05, 3.63) is 29.6 Å². The lowest BCUT2D eigenvalue weighted by atomic mass is 9.82. The van der Waals surface area contributed by atoms with Crippen LogP contribution >= 0.6 is 0 Å². The maximum atomic E-state index is 13.7. The van der Waals surface area contributed by atoms with Gasteiger partial charge in [-0.3, -0.25) is 4.90 Å². The van der Waals surface area contributed by atoms with Gasteiger partial charge in [0, 0.05) is 17.8 Å². The Morgan fingerprint density at radius 2 is 1.94 bits per heavy atom. The number of anilines is 1. The smallest absolute Gasteiger partial charge is 0.129 e. The van der Waals surface area contributed by atoms with Gasteiger partial charge in [0.2, 0.25) is 0 Å². The monoisotopic (exact) mass is 236 g/mol. The van der Waals surface area contributed by atoms with Crippen LogP contribution in [0.4, 0.5) is 10.1 Å². The topological polar surface area (TPSA) is 29.3 Å². The van der Waals surface area contributed by atoms with Crippen LogP contribution in [0.5, 0.6) is 0 Å². The zero-order valence-electron chi connectivity index (χ0n) is 10.7. The molecule has 1 fully saturated rings. The molecule has 1 aliphatic rings. The molecule has 1 aliphatic heterocycles. The molecule has 1 heterocycles. The van der Waals surface area contributed by atoms with E-state index in [4.69, 9.17) is 5.73 Å². The molecule has 94 valence electrons. The van der Waals surface area contributed by atoms with Gasteiger partial charge in [-0.1, -0.05) is 19.9 Å². The van der Waals surface area contributed by atoms with Crippen LogP contribution < -0.4 is 5.73 Å². The third-order valence-corrected chi connectivity index (χ3v) is 3.75. The number of rotatable bonds is 2. The number of nitrogens with zero attached hydrogens (tertiary/aromatic N) is 1. The van der Waals surface area contributed by atoms with Crippen molar-refractivity contribution in [2.45, 2.75) is 33.2 Å². The van der Waals surface area contributed by atoms with Crippen molar-refractivity contribution in [3.8, 4) is 0 Å². The molecule has 0 amide bonds. The summed E-state index contributed by atoms with van der Waals surface area (Å²) >= 11 is 0. The summed E-state index contributed by atoms with van der Waals surface area (Å²) in [5.41, 5.74) is 7.46. The van der Waals surface area contributed by atoms with Gasteiger partial charge in [0.25, 0.3) is 0 Å². The average molecular weight is 236 g/mol. The van der Waals surface area contributed by atoms with Crippen LogP contribution in [-0.4, -0.2) is 18.0 Å². The first kappa shape index (κ1) is 12.4. The molecule has 1 saturated heterocycles. The lowest BCUT2D eigenvalue weighted by Crippen LogP contribution is -2.37. The normalized spacial score (nSPS) is 20.4. The standard InChI is InChI=1S/C14H21FN2/c1-14(2)6-8-17(9-7-14)10-11-12(15)4-3-5-13(11)16/h3-5H,6-10,16H2,1-2H3. The number of nitrogen functional groups attached to an aromatic ring is 1. The van der Waals surface area contributed by atoms with Gasteiger partial charge in [-0.05, 0) is 43.5 Å². The average Bonchev–Trinajstić information content (AvgIpc) is 2.26. The minimum absolute atomic E-state index is 0.185. The quantitative estimate of drug-likeness (QED) is 0.800. The van der Waals surface area contributed by atoms with Crippen molar-refractivity contribution in [1.29, 1.82) is 0 Å². The van der Waals surface area contributed by atoms with Gasteiger partial charge < -0.3 is 5.73 Å². The van der Waals surface area contributed by atoms with Crippen molar-refractivity contribution in [2.24, 2.45) is 5.41 Å². The van der Waals surface area contributed by atoms with Crippen molar-refractivity contribution < 1.29 is 4.39 Å². The van der Waals surface area contributed by atoms with E-state index >= 15 is 0 Å². The van der Waals surface area contributed by atoms with Gasteiger partial charge in [0.1, 0.15) is 5.82 Å². The molecule has 1 aromatic rings. The molecule has 0 unspecified atom stereocenters. The van der Waals surface area contributed by atoms with Crippen LogP contribution in [0.15, 0.2) is 18.2 Å². The van der Waals surface area contributed by atoms with Crippen LogP contribution in [0.3, 0.4) is 0 Å². The Labute approximate surface area is 103 Å². The van der Waals surface area contributed by atoms with Crippen molar-refractivity contribution >= 4 is 5.69 Å². The van der Waals surface area contributed by atoms with Crippen LogP contribution in [-0.2, 0) is 6.54 Å². The summed E-state index contributed by atoms with van der Waals surface area (Å²) in [6, 6.07) is 4.92. The summed E-state index contributed by atoms with van der Waals surface area (Å²) in [5, 5.41) is 0. The van der Waals surface area contributed by atoms with Gasteiger partial charge in [-0.15, -0.1) is 0 Å². The first-order valence-corrected chi connectivity index (χ1v) is 6.23. The summed E-state index contributed by atoms with van der Waals surface area (Å²) in [6.45, 7) is 7.28. The van der Waals surface area contributed by atoms with Gasteiger partial charge >= 0.3 is 0 Å². The number of hydrogen-bond acceptors (Lipinski definition) is 2. The van der Waals surface area contributed by atoms with Gasteiger partial charge in [-0.2, -0.15) is 0 Å². The van der Waals surface area contributed by atoms with E-state index in [0.717, 1.165) is 13.1 Å². The van der Waals surface area contributed by atoms with Crippen molar-refractivity contribution in [3.63, 3.8) is 0 Å². The summed E-state index contributed by atoms with van der Waals surface area (Å²) in [7, 11) is 0. The lowest BCUT2D eigenvalue weighted by molar-refractivity contribution is 0.126. The molecule has 0 atom stereocenters. The SMILES string of the molecule is CC1(C)CCN(Cc2c(N)cccc2F)CC1. The summed E-state index contributed by atoms with van der Waals surface area (Å²) < 4.78 is 13.7. The molecule has 0 saturated carbocycles. The highest BCUT2D eigenvalue weighted by molar-refractivity contribution is 5.47. The van der Waals surface area contributed by atoms with E-state index < -0.39 is 0 Å². The predicted molar refractivity (Wildman–Crippen MR) is 69.1 cm³/mol. The van der Waals surface area contributed by atoms with E-state index in [2.05, 4.69) is 18.7 Å². The molecule has 2 nitrogen and oxygen atoms in total. The molecule has 0 spiro atoms. The highest BCUT2D eigenvalue weighted by atomic mass is 19.1. The van der Waals surface area contributed by atoms with E-state index in [1.54, 1.807) is 12.1 Å². The predicted octanol–water partition coefficient (Wildman–Crippen LogP) is 3.03. The number of hydrogen-bond donors (Lipinski definition) is 1. The fourth-order valence-corrected chi connectivity index (χ4v) is 2.28. The van der Waals surface area contributed by atoms with Crippen LogP contribution in [0.25, 0.3) is 0 Å². The van der Waals surface area contributed by atoms with E-state index in [9.17, 15) is 4.39 Å². The minimum atomic E-state index is -0.185. The second kappa shape index (κ2) is 4.65. The van der Waals surface area contributed by atoms with E-state index in [1.165, 1.54) is 18.9 Å². The third kappa shape index (κ3) is 2.97. The van der Waals surface area contributed by atoms with Crippen LogP contribution in [0, 0.1) is 11.2 Å². The van der Waals surface area contributed by atoms with Crippen molar-refractivity contribution in [1.82, 2.24) is 4.90 Å². The number of likely N-dealkylation sites (tertiary alicyclic amines) is 1. The zero-order valence-corrected chi connectivity index (χ0v) is 10.7. The van der Waals surface area contributed by atoms with Crippen molar-refractivity contribution in [2.75, 3.05) is 18.8 Å². The van der Waals surface area contributed by atoms with E-state index in [-0.39, 0.29) is 5.82 Å². The Kier molecular flexibility index (Phi) is 3.38. The summed E-state index contributed by atoms with van der Waals surface area (Å²) in [6.07, 6.45) is 2.34. The van der Waals surface area contributed by atoms with E-state index in [1.807, 2.05) is 0 Å². The number of halogens is 1. The molecule has 0 radical (unpaired) electrons. The Morgan fingerprint density at radius 1 is 1.29 bits per heavy atom. The fraction of sp³-hybridized carbons (Fsp3) is 0.571. The number of nitrogens with two attached hydrogens (primary N) is 1. The lowest BCUT2D eigenvalue weighted by Gasteiger charge is -2.37. The molecule has 0 aromatic heterocycles. The zero-order chi connectivity index (χ0) is 12.5. The molecule has 2 rings (SSSR count). The maximum Gasteiger partial charge on any atom is 0.129 e. The Bertz CT molecular complexity index is 371.